The van der Waals surface area contributed by atoms with Crippen molar-refractivity contribution >= 4 is 27.3 Å². The normalized spacial score (nSPS) is 14.4. The van der Waals surface area contributed by atoms with Gasteiger partial charge in [0.15, 0.2) is 9.84 Å². The number of benzene rings is 3. The highest BCUT2D eigenvalue weighted by Gasteiger charge is 2.24. The molecule has 6 nitrogen and oxygen atoms in total. The van der Waals surface area contributed by atoms with Gasteiger partial charge in [-0.05, 0) is 78.8 Å². The van der Waals surface area contributed by atoms with E-state index in [0.29, 0.717) is 24.7 Å². The van der Waals surface area contributed by atoms with Crippen LogP contribution in [-0.2, 0) is 21.1 Å². The number of carbonyl (C=O) groups excluding carboxylic acids is 2. The summed E-state index contributed by atoms with van der Waals surface area (Å²) >= 11 is 0. The number of sulfone groups is 1. The van der Waals surface area contributed by atoms with Crippen LogP contribution in [0.25, 0.3) is 0 Å². The highest BCUT2D eigenvalue weighted by Crippen LogP contribution is 2.29. The van der Waals surface area contributed by atoms with Crippen molar-refractivity contribution in [3.8, 4) is 0 Å². The molecule has 0 saturated carbocycles. The number of nitrogens with zero attached hydrogens (tertiary/aromatic N) is 1. The molecule has 8 heteroatoms. The summed E-state index contributed by atoms with van der Waals surface area (Å²) in [5, 5.41) is 2.74. The molecule has 3 aromatic carbocycles. The summed E-state index contributed by atoms with van der Waals surface area (Å²) in [6.07, 6.45) is 1.91. The first kappa shape index (κ1) is 26.5. The standard InChI is InChI=1S/C29H31FN2O4S/c1-3-37(35,36)25-11-5-21(6-12-25)19-28(33)32-16-14-23(15-17-32)22-7-9-24(10-8-22)31-29(34)26-13-4-20(2)18-27(26)30/h4-13,18,23H,3,14-17,19H2,1-2H3,(H,31,34). The van der Waals surface area contributed by atoms with Crippen LogP contribution < -0.4 is 5.32 Å². The topological polar surface area (TPSA) is 83.6 Å². The van der Waals surface area contributed by atoms with Gasteiger partial charge in [0.1, 0.15) is 5.82 Å². The van der Waals surface area contributed by atoms with Gasteiger partial charge in [0.2, 0.25) is 5.91 Å². The Kier molecular flexibility index (Phi) is 8.07. The fourth-order valence-electron chi connectivity index (χ4n) is 4.57. The lowest BCUT2D eigenvalue weighted by Gasteiger charge is -2.32. The lowest BCUT2D eigenvalue weighted by molar-refractivity contribution is -0.131. The molecule has 0 aromatic heterocycles. The van der Waals surface area contributed by atoms with Gasteiger partial charge in [-0.15, -0.1) is 0 Å². The van der Waals surface area contributed by atoms with Gasteiger partial charge in [-0.25, -0.2) is 12.8 Å². The molecule has 0 spiro atoms. The maximum atomic E-state index is 14.1. The molecule has 1 N–H and O–H groups in total. The number of amides is 2. The maximum absolute atomic E-state index is 14.1. The average Bonchev–Trinajstić information content (AvgIpc) is 2.89. The van der Waals surface area contributed by atoms with Gasteiger partial charge < -0.3 is 10.2 Å². The summed E-state index contributed by atoms with van der Waals surface area (Å²) < 4.78 is 38.0. The zero-order valence-corrected chi connectivity index (χ0v) is 21.9. The lowest BCUT2D eigenvalue weighted by atomic mass is 9.89. The number of hydrogen-bond donors (Lipinski definition) is 1. The predicted octanol–water partition coefficient (Wildman–Crippen LogP) is 5.13. The van der Waals surface area contributed by atoms with E-state index < -0.39 is 21.6 Å². The zero-order valence-electron chi connectivity index (χ0n) is 21.0. The number of halogens is 1. The Labute approximate surface area is 217 Å². The Hall–Kier alpha value is -3.52. The Morgan fingerprint density at radius 2 is 1.62 bits per heavy atom. The van der Waals surface area contributed by atoms with E-state index in [0.717, 1.165) is 29.5 Å². The van der Waals surface area contributed by atoms with E-state index in [-0.39, 0.29) is 28.5 Å². The van der Waals surface area contributed by atoms with Crippen molar-refractivity contribution in [1.82, 2.24) is 4.90 Å². The largest absolute Gasteiger partial charge is 0.342 e. The van der Waals surface area contributed by atoms with Crippen LogP contribution in [0.3, 0.4) is 0 Å². The SMILES string of the molecule is CCS(=O)(=O)c1ccc(CC(=O)N2CCC(c3ccc(NC(=O)c4ccc(C)cc4F)cc3)CC2)cc1. The van der Waals surface area contributed by atoms with Crippen LogP contribution in [-0.4, -0.2) is 44.0 Å². The molecule has 37 heavy (non-hydrogen) atoms. The molecule has 0 bridgehead atoms. The second-order valence-electron chi connectivity index (χ2n) is 9.44. The fraction of sp³-hybridized carbons (Fsp3) is 0.310. The third kappa shape index (κ3) is 6.43. The Balaban J connectivity index is 1.29. The van der Waals surface area contributed by atoms with Gasteiger partial charge in [-0.3, -0.25) is 9.59 Å². The number of hydrogen-bond acceptors (Lipinski definition) is 4. The van der Waals surface area contributed by atoms with E-state index in [1.54, 1.807) is 44.2 Å². The predicted molar refractivity (Wildman–Crippen MR) is 142 cm³/mol. The minimum absolute atomic E-state index is 0.00801. The molecule has 0 atom stereocenters. The summed E-state index contributed by atoms with van der Waals surface area (Å²) in [5.41, 5.74) is 3.29. The molecule has 1 heterocycles. The van der Waals surface area contributed by atoms with Crippen LogP contribution in [0.2, 0.25) is 0 Å². The van der Waals surface area contributed by atoms with E-state index in [9.17, 15) is 22.4 Å². The van der Waals surface area contributed by atoms with E-state index in [4.69, 9.17) is 0 Å². The summed E-state index contributed by atoms with van der Waals surface area (Å²) in [7, 11) is -3.25. The lowest BCUT2D eigenvalue weighted by Crippen LogP contribution is -2.38. The number of likely N-dealkylation sites (tertiary alicyclic amines) is 1. The van der Waals surface area contributed by atoms with Crippen LogP contribution in [0, 0.1) is 12.7 Å². The number of aryl methyl sites for hydroxylation is 1. The van der Waals surface area contributed by atoms with E-state index in [1.807, 2.05) is 29.2 Å². The second-order valence-corrected chi connectivity index (χ2v) is 11.7. The first-order valence-electron chi connectivity index (χ1n) is 12.4. The minimum Gasteiger partial charge on any atom is -0.342 e. The van der Waals surface area contributed by atoms with Crippen molar-refractivity contribution in [3.05, 3.63) is 94.8 Å². The summed E-state index contributed by atoms with van der Waals surface area (Å²) in [6, 6.07) is 18.6. The first-order valence-corrected chi connectivity index (χ1v) is 14.1. The molecule has 2 amide bonds. The molecule has 1 fully saturated rings. The average molecular weight is 523 g/mol. The smallest absolute Gasteiger partial charge is 0.258 e. The van der Waals surface area contributed by atoms with Crippen LogP contribution in [0.4, 0.5) is 10.1 Å². The molecule has 1 saturated heterocycles. The molecule has 194 valence electrons. The van der Waals surface area contributed by atoms with Crippen LogP contribution in [0.5, 0.6) is 0 Å². The van der Waals surface area contributed by atoms with E-state index >= 15 is 0 Å². The van der Waals surface area contributed by atoms with E-state index in [1.165, 1.54) is 12.1 Å². The van der Waals surface area contributed by atoms with Crippen molar-refractivity contribution in [3.63, 3.8) is 0 Å². The fourth-order valence-corrected chi connectivity index (χ4v) is 5.46. The first-order chi connectivity index (χ1) is 17.7. The minimum atomic E-state index is -3.25. The van der Waals surface area contributed by atoms with Crippen molar-refractivity contribution in [2.24, 2.45) is 0 Å². The van der Waals surface area contributed by atoms with Gasteiger partial charge >= 0.3 is 0 Å². The number of rotatable bonds is 7. The number of piperidine rings is 1. The molecule has 1 aliphatic rings. The van der Waals surface area contributed by atoms with Crippen LogP contribution in [0.1, 0.15) is 52.7 Å². The van der Waals surface area contributed by atoms with Crippen molar-refractivity contribution in [1.29, 1.82) is 0 Å². The molecule has 4 rings (SSSR count). The highest BCUT2D eigenvalue weighted by molar-refractivity contribution is 7.91. The summed E-state index contributed by atoms with van der Waals surface area (Å²) in [4.78, 5) is 27.4. The third-order valence-corrected chi connectivity index (χ3v) is 8.63. The van der Waals surface area contributed by atoms with Gasteiger partial charge in [-0.1, -0.05) is 37.3 Å². The highest BCUT2D eigenvalue weighted by atomic mass is 32.2. The summed E-state index contributed by atoms with van der Waals surface area (Å²) in [5.74, 6) is -0.645. The molecule has 3 aromatic rings. The molecule has 0 radical (unpaired) electrons. The summed E-state index contributed by atoms with van der Waals surface area (Å²) in [6.45, 7) is 4.68. The monoisotopic (exact) mass is 522 g/mol. The van der Waals surface area contributed by atoms with Crippen LogP contribution in [0.15, 0.2) is 71.6 Å². The maximum Gasteiger partial charge on any atom is 0.258 e. The molecular weight excluding hydrogens is 491 g/mol. The zero-order chi connectivity index (χ0) is 26.6. The molecular formula is C29H31FN2O4S. The van der Waals surface area contributed by atoms with Crippen molar-refractivity contribution < 1.29 is 22.4 Å². The molecule has 0 aliphatic carbocycles. The van der Waals surface area contributed by atoms with Crippen molar-refractivity contribution in [2.45, 2.75) is 43.9 Å². The molecule has 0 unspecified atom stereocenters. The second kappa shape index (κ2) is 11.3. The molecule has 1 aliphatic heterocycles. The number of nitrogens with one attached hydrogen (secondary N) is 1. The van der Waals surface area contributed by atoms with Gasteiger partial charge in [0, 0.05) is 18.8 Å². The quantitative estimate of drug-likeness (QED) is 0.466. The van der Waals surface area contributed by atoms with Crippen molar-refractivity contribution in [2.75, 3.05) is 24.2 Å². The van der Waals surface area contributed by atoms with Gasteiger partial charge in [0.05, 0.1) is 22.6 Å². The Morgan fingerprint density at radius 1 is 0.973 bits per heavy atom. The number of anilines is 1. The van der Waals surface area contributed by atoms with Crippen LogP contribution >= 0.6 is 0 Å². The van der Waals surface area contributed by atoms with Gasteiger partial charge in [0.25, 0.3) is 5.91 Å². The number of carbonyl (C=O) groups is 2. The van der Waals surface area contributed by atoms with E-state index in [2.05, 4.69) is 5.32 Å². The Bertz CT molecular complexity index is 1380. The third-order valence-electron chi connectivity index (χ3n) is 6.87. The van der Waals surface area contributed by atoms with Gasteiger partial charge in [-0.2, -0.15) is 0 Å². The Morgan fingerprint density at radius 3 is 2.22 bits per heavy atom.